The summed E-state index contributed by atoms with van der Waals surface area (Å²) in [7, 11) is 0. The summed E-state index contributed by atoms with van der Waals surface area (Å²) in [5, 5.41) is 0. The van der Waals surface area contributed by atoms with Gasteiger partial charge in [0.15, 0.2) is 6.10 Å². The van der Waals surface area contributed by atoms with E-state index in [1.54, 1.807) is 0 Å². The molecule has 2 N–H and O–H groups in total. The zero-order chi connectivity index (χ0) is 13.8. The molecule has 0 fully saturated rings. The molecule has 0 bridgehead atoms. The fraction of sp³-hybridized carbons (Fsp3) is 0.429. The number of carbonyl (C=O) groups excluding carboxylic acids is 2. The van der Waals surface area contributed by atoms with E-state index in [4.69, 9.17) is 10.5 Å². The van der Waals surface area contributed by atoms with Gasteiger partial charge < -0.3 is 10.5 Å². The minimum atomic E-state index is -0.867. The van der Waals surface area contributed by atoms with E-state index >= 15 is 0 Å². The predicted molar refractivity (Wildman–Crippen MR) is 73.9 cm³/mol. The molecule has 2 rings (SSSR count). The molecule has 1 atom stereocenters. The normalized spacial score (nSPS) is 14.8. The summed E-state index contributed by atoms with van der Waals surface area (Å²) >= 11 is 1.42. The van der Waals surface area contributed by atoms with Crippen LogP contribution < -0.4 is 5.73 Å². The summed E-state index contributed by atoms with van der Waals surface area (Å²) < 4.78 is 4.89. The van der Waals surface area contributed by atoms with Gasteiger partial charge in [-0.05, 0) is 49.4 Å². The summed E-state index contributed by atoms with van der Waals surface area (Å²) in [4.78, 5) is 23.3. The monoisotopic (exact) mass is 279 g/mol. The molecule has 102 valence electrons. The number of hydrogen-bond acceptors (Lipinski definition) is 4. The van der Waals surface area contributed by atoms with Crippen molar-refractivity contribution < 1.29 is 14.3 Å². The Labute approximate surface area is 116 Å². The second kappa shape index (κ2) is 6.10. The Morgan fingerprint density at radius 3 is 2.84 bits per heavy atom. The van der Waals surface area contributed by atoms with Gasteiger partial charge in [0, 0.05) is 4.90 Å². The third-order valence-corrected chi connectivity index (χ3v) is 4.10. The summed E-state index contributed by atoms with van der Waals surface area (Å²) in [5.74, 6) is -0.858. The predicted octanol–water partition coefficient (Wildman–Crippen LogP) is 1.68. The number of esters is 1. The zero-order valence-electron chi connectivity index (χ0n) is 10.8. The molecule has 0 aromatic heterocycles. The molecule has 19 heavy (non-hydrogen) atoms. The van der Waals surface area contributed by atoms with E-state index in [0.717, 1.165) is 17.7 Å². The summed E-state index contributed by atoms with van der Waals surface area (Å²) in [6, 6.07) is 6.29. The maximum absolute atomic E-state index is 11.5. The smallest absolute Gasteiger partial charge is 0.317 e. The Morgan fingerprint density at radius 2 is 2.11 bits per heavy atom. The Hall–Kier alpha value is -1.49. The lowest BCUT2D eigenvalue weighted by molar-refractivity contribution is -0.151. The Kier molecular flexibility index (Phi) is 4.47. The first-order chi connectivity index (χ1) is 9.06. The molecule has 1 unspecified atom stereocenters. The molecule has 4 nitrogen and oxygen atoms in total. The quantitative estimate of drug-likeness (QED) is 0.657. The summed E-state index contributed by atoms with van der Waals surface area (Å²) in [6.45, 7) is 1.47. The van der Waals surface area contributed by atoms with Crippen molar-refractivity contribution in [3.8, 4) is 0 Å². The van der Waals surface area contributed by atoms with E-state index < -0.39 is 18.0 Å². The minimum absolute atomic E-state index is 0.191. The van der Waals surface area contributed by atoms with Crippen molar-refractivity contribution in [2.75, 3.05) is 5.75 Å². The number of ether oxygens (including phenoxy) is 1. The highest BCUT2D eigenvalue weighted by molar-refractivity contribution is 8.00. The largest absolute Gasteiger partial charge is 0.452 e. The van der Waals surface area contributed by atoms with Crippen LogP contribution in [0.4, 0.5) is 0 Å². The van der Waals surface area contributed by atoms with E-state index in [1.807, 2.05) is 6.07 Å². The molecule has 0 saturated carbocycles. The van der Waals surface area contributed by atoms with E-state index in [2.05, 4.69) is 12.1 Å². The molecule has 1 aromatic carbocycles. The summed E-state index contributed by atoms with van der Waals surface area (Å²) in [6.07, 6.45) is 2.61. The van der Waals surface area contributed by atoms with Crippen LogP contribution in [0.3, 0.4) is 0 Å². The molecule has 0 aliphatic heterocycles. The van der Waals surface area contributed by atoms with Crippen LogP contribution in [0.1, 0.15) is 24.5 Å². The first-order valence-corrected chi connectivity index (χ1v) is 7.28. The maximum atomic E-state index is 11.5. The lowest BCUT2D eigenvalue weighted by atomic mass is 10.1. The average Bonchev–Trinajstić information content (AvgIpc) is 2.83. The molecular weight excluding hydrogens is 262 g/mol. The number of hydrogen-bond donors (Lipinski definition) is 1. The fourth-order valence-electron chi connectivity index (χ4n) is 2.07. The number of fused-ring (bicyclic) bond motifs is 1. The van der Waals surface area contributed by atoms with Crippen LogP contribution in [0.25, 0.3) is 0 Å². The van der Waals surface area contributed by atoms with Crippen LogP contribution in [0.5, 0.6) is 0 Å². The zero-order valence-corrected chi connectivity index (χ0v) is 11.7. The number of amides is 1. The van der Waals surface area contributed by atoms with Crippen molar-refractivity contribution >= 4 is 23.6 Å². The van der Waals surface area contributed by atoms with Crippen molar-refractivity contribution in [3.05, 3.63) is 29.3 Å². The Morgan fingerprint density at radius 1 is 1.37 bits per heavy atom. The van der Waals surface area contributed by atoms with Crippen molar-refractivity contribution in [1.29, 1.82) is 0 Å². The van der Waals surface area contributed by atoms with Crippen LogP contribution in [0.2, 0.25) is 0 Å². The van der Waals surface area contributed by atoms with Gasteiger partial charge in [-0.2, -0.15) is 0 Å². The van der Waals surface area contributed by atoms with Gasteiger partial charge in [0.1, 0.15) is 0 Å². The number of nitrogens with two attached hydrogens (primary N) is 1. The van der Waals surface area contributed by atoms with Crippen LogP contribution in [0, 0.1) is 0 Å². The lowest BCUT2D eigenvalue weighted by Gasteiger charge is -2.09. The first kappa shape index (κ1) is 13.9. The van der Waals surface area contributed by atoms with Crippen LogP contribution in [-0.2, 0) is 27.2 Å². The van der Waals surface area contributed by atoms with Crippen LogP contribution >= 0.6 is 11.8 Å². The van der Waals surface area contributed by atoms with Gasteiger partial charge in [0.2, 0.25) is 0 Å². The van der Waals surface area contributed by atoms with Gasteiger partial charge in [0.25, 0.3) is 5.91 Å². The number of primary amides is 1. The van der Waals surface area contributed by atoms with Gasteiger partial charge in [-0.25, -0.2) is 0 Å². The third kappa shape index (κ3) is 3.73. The molecule has 0 spiro atoms. The average molecular weight is 279 g/mol. The molecule has 0 heterocycles. The maximum Gasteiger partial charge on any atom is 0.317 e. The number of rotatable bonds is 5. The summed E-state index contributed by atoms with van der Waals surface area (Å²) in [5.41, 5.74) is 7.82. The van der Waals surface area contributed by atoms with Crippen molar-refractivity contribution in [3.63, 3.8) is 0 Å². The minimum Gasteiger partial charge on any atom is -0.452 e. The van der Waals surface area contributed by atoms with Crippen molar-refractivity contribution in [2.45, 2.75) is 37.2 Å². The molecule has 0 radical (unpaired) electrons. The Balaban J connectivity index is 1.85. The molecule has 1 aliphatic carbocycles. The fourth-order valence-corrected chi connectivity index (χ4v) is 2.81. The van der Waals surface area contributed by atoms with E-state index in [1.165, 1.54) is 36.2 Å². The van der Waals surface area contributed by atoms with Crippen molar-refractivity contribution in [1.82, 2.24) is 0 Å². The number of benzene rings is 1. The van der Waals surface area contributed by atoms with Gasteiger partial charge in [-0.3, -0.25) is 9.59 Å². The Bertz CT molecular complexity index is 501. The molecular formula is C14H17NO3S. The molecule has 0 saturated heterocycles. The number of aryl methyl sites for hydroxylation is 2. The van der Waals surface area contributed by atoms with E-state index in [0.29, 0.717) is 0 Å². The van der Waals surface area contributed by atoms with Crippen LogP contribution in [-0.4, -0.2) is 23.7 Å². The molecule has 1 amide bonds. The number of carbonyl (C=O) groups is 2. The topological polar surface area (TPSA) is 69.4 Å². The molecule has 1 aromatic rings. The standard InChI is InChI=1S/C14H17NO3S/c1-9(14(15)17)18-13(16)8-19-12-6-5-10-3-2-4-11(10)7-12/h5-7,9H,2-4,8H2,1H3,(H2,15,17). The van der Waals surface area contributed by atoms with Gasteiger partial charge in [-0.15, -0.1) is 11.8 Å². The molecule has 5 heteroatoms. The number of thioether (sulfide) groups is 1. The van der Waals surface area contributed by atoms with Crippen molar-refractivity contribution in [2.24, 2.45) is 5.73 Å². The first-order valence-electron chi connectivity index (χ1n) is 6.29. The second-order valence-electron chi connectivity index (χ2n) is 4.61. The third-order valence-electron chi connectivity index (χ3n) is 3.14. The van der Waals surface area contributed by atoms with E-state index in [9.17, 15) is 9.59 Å². The SMILES string of the molecule is CC(OC(=O)CSc1ccc2c(c1)CCC2)C(N)=O. The molecule has 1 aliphatic rings. The lowest BCUT2D eigenvalue weighted by Crippen LogP contribution is -2.30. The van der Waals surface area contributed by atoms with Gasteiger partial charge in [-0.1, -0.05) is 6.07 Å². The van der Waals surface area contributed by atoms with Crippen LogP contribution in [0.15, 0.2) is 23.1 Å². The van der Waals surface area contributed by atoms with E-state index in [-0.39, 0.29) is 5.75 Å². The second-order valence-corrected chi connectivity index (χ2v) is 5.66. The van der Waals surface area contributed by atoms with Gasteiger partial charge in [0.05, 0.1) is 5.75 Å². The highest BCUT2D eigenvalue weighted by Gasteiger charge is 2.15. The highest BCUT2D eigenvalue weighted by atomic mass is 32.2. The van der Waals surface area contributed by atoms with Gasteiger partial charge >= 0.3 is 5.97 Å². The highest BCUT2D eigenvalue weighted by Crippen LogP contribution is 2.27.